The number of hydrogen-bond acceptors (Lipinski definition) is 4. The van der Waals surface area contributed by atoms with Gasteiger partial charge in [-0.1, -0.05) is 82.8 Å². The molecule has 1 heterocycles. The number of carbonyl (C=O) groups is 1. The van der Waals surface area contributed by atoms with E-state index in [4.69, 9.17) is 0 Å². The Morgan fingerprint density at radius 2 is 1.71 bits per heavy atom. The summed E-state index contributed by atoms with van der Waals surface area (Å²) in [7, 11) is 1.93. The Labute approximate surface area is 189 Å². The van der Waals surface area contributed by atoms with Crippen LogP contribution in [0.25, 0.3) is 11.4 Å². The first-order valence-electron chi connectivity index (χ1n) is 10.7. The Bertz CT molecular complexity index is 1020. The lowest BCUT2D eigenvalue weighted by atomic mass is 9.87. The lowest BCUT2D eigenvalue weighted by molar-refractivity contribution is -0.113. The molecule has 1 aromatic heterocycles. The van der Waals surface area contributed by atoms with Crippen LogP contribution < -0.4 is 5.32 Å². The van der Waals surface area contributed by atoms with Crippen molar-refractivity contribution >= 4 is 23.4 Å². The van der Waals surface area contributed by atoms with Crippen molar-refractivity contribution in [2.45, 2.75) is 57.5 Å². The third-order valence-corrected chi connectivity index (χ3v) is 6.57. The second-order valence-electron chi connectivity index (χ2n) is 8.96. The molecule has 164 valence electrons. The molecule has 0 fully saturated rings. The number of hydrogen-bond donors (Lipinski definition) is 1. The van der Waals surface area contributed by atoms with Gasteiger partial charge in [-0.05, 0) is 41.0 Å². The number of benzene rings is 2. The number of nitrogens with zero attached hydrogens (tertiary/aromatic N) is 3. The zero-order valence-electron chi connectivity index (χ0n) is 19.3. The first kappa shape index (κ1) is 23.1. The molecule has 0 spiro atoms. The van der Waals surface area contributed by atoms with Crippen LogP contribution in [0.3, 0.4) is 0 Å². The van der Waals surface area contributed by atoms with Crippen LogP contribution in [0.1, 0.15) is 58.1 Å². The fourth-order valence-corrected chi connectivity index (χ4v) is 3.98. The lowest BCUT2D eigenvalue weighted by Gasteiger charge is -2.19. The standard InChI is InChI=1S/C25H32N4OS/c1-7-17(2)18-10-14-21(15-11-18)26-22(30)16-31-24-28-27-23(29(24)6)19-8-12-20(13-9-19)25(3,4)5/h8-15,17H,7,16H2,1-6H3,(H,26,30)/t17-/m0/s1. The van der Waals surface area contributed by atoms with Gasteiger partial charge in [0, 0.05) is 18.3 Å². The van der Waals surface area contributed by atoms with Crippen LogP contribution in [0.5, 0.6) is 0 Å². The van der Waals surface area contributed by atoms with Crippen molar-refractivity contribution in [2.75, 3.05) is 11.1 Å². The molecule has 0 saturated heterocycles. The Morgan fingerprint density at radius 1 is 1.06 bits per heavy atom. The highest BCUT2D eigenvalue weighted by Gasteiger charge is 2.16. The largest absolute Gasteiger partial charge is 0.325 e. The molecule has 1 amide bonds. The van der Waals surface area contributed by atoms with E-state index in [0.29, 0.717) is 5.92 Å². The van der Waals surface area contributed by atoms with Gasteiger partial charge in [0.25, 0.3) is 0 Å². The van der Waals surface area contributed by atoms with E-state index in [1.165, 1.54) is 22.9 Å². The second kappa shape index (κ2) is 9.69. The highest BCUT2D eigenvalue weighted by molar-refractivity contribution is 7.99. The molecule has 0 aliphatic heterocycles. The number of amides is 1. The molecule has 0 aliphatic rings. The first-order chi connectivity index (χ1) is 14.7. The summed E-state index contributed by atoms with van der Waals surface area (Å²) in [4.78, 5) is 12.4. The molecule has 3 aromatic rings. The summed E-state index contributed by atoms with van der Waals surface area (Å²) in [5, 5.41) is 12.3. The molecule has 31 heavy (non-hydrogen) atoms. The van der Waals surface area contributed by atoms with Crippen molar-refractivity contribution in [3.8, 4) is 11.4 Å². The number of anilines is 1. The summed E-state index contributed by atoms with van der Waals surface area (Å²) in [5.41, 5.74) is 4.51. The topological polar surface area (TPSA) is 59.8 Å². The van der Waals surface area contributed by atoms with E-state index in [9.17, 15) is 4.79 Å². The van der Waals surface area contributed by atoms with E-state index in [-0.39, 0.29) is 17.1 Å². The van der Waals surface area contributed by atoms with Crippen LogP contribution in [0.4, 0.5) is 5.69 Å². The highest BCUT2D eigenvalue weighted by Crippen LogP contribution is 2.27. The van der Waals surface area contributed by atoms with E-state index in [0.717, 1.165) is 28.7 Å². The van der Waals surface area contributed by atoms with E-state index < -0.39 is 0 Å². The minimum atomic E-state index is -0.0552. The second-order valence-corrected chi connectivity index (χ2v) is 9.90. The van der Waals surface area contributed by atoms with Crippen molar-refractivity contribution in [1.29, 1.82) is 0 Å². The van der Waals surface area contributed by atoms with Gasteiger partial charge in [-0.2, -0.15) is 0 Å². The van der Waals surface area contributed by atoms with Crippen LogP contribution in [0, 0.1) is 0 Å². The molecule has 3 rings (SSSR count). The van der Waals surface area contributed by atoms with Crippen LogP contribution in [0.15, 0.2) is 53.7 Å². The monoisotopic (exact) mass is 436 g/mol. The molecule has 6 heteroatoms. The molecule has 1 atom stereocenters. The predicted octanol–water partition coefficient (Wildman–Crippen LogP) is 6.02. The number of nitrogens with one attached hydrogen (secondary N) is 1. The lowest BCUT2D eigenvalue weighted by Crippen LogP contribution is -2.14. The summed E-state index contributed by atoms with van der Waals surface area (Å²) < 4.78 is 1.94. The summed E-state index contributed by atoms with van der Waals surface area (Å²) in [6, 6.07) is 16.5. The SMILES string of the molecule is CC[C@H](C)c1ccc(NC(=O)CSc2nnc(-c3ccc(C(C)(C)C)cc3)n2C)cc1. The van der Waals surface area contributed by atoms with Gasteiger partial charge >= 0.3 is 0 Å². The smallest absolute Gasteiger partial charge is 0.234 e. The van der Waals surface area contributed by atoms with Crippen molar-refractivity contribution in [2.24, 2.45) is 7.05 Å². The van der Waals surface area contributed by atoms with Crippen LogP contribution in [-0.4, -0.2) is 26.4 Å². The average Bonchev–Trinajstić information content (AvgIpc) is 3.12. The van der Waals surface area contributed by atoms with Crippen molar-refractivity contribution < 1.29 is 4.79 Å². The molecular weight excluding hydrogens is 404 g/mol. The molecule has 1 N–H and O–H groups in total. The van der Waals surface area contributed by atoms with E-state index in [2.05, 4.69) is 86.5 Å². The predicted molar refractivity (Wildman–Crippen MR) is 130 cm³/mol. The maximum atomic E-state index is 12.4. The Morgan fingerprint density at radius 3 is 2.29 bits per heavy atom. The first-order valence-corrected chi connectivity index (χ1v) is 11.7. The van der Waals surface area contributed by atoms with E-state index in [1.807, 2.05) is 23.7 Å². The van der Waals surface area contributed by atoms with Crippen LogP contribution in [-0.2, 0) is 17.3 Å². The molecule has 0 saturated carbocycles. The minimum Gasteiger partial charge on any atom is -0.325 e. The van der Waals surface area contributed by atoms with Crippen molar-refractivity contribution in [3.05, 3.63) is 59.7 Å². The van der Waals surface area contributed by atoms with Gasteiger partial charge in [-0.3, -0.25) is 4.79 Å². The number of carbonyl (C=O) groups excluding carboxylic acids is 1. The molecule has 0 unspecified atom stereocenters. The van der Waals surface area contributed by atoms with Gasteiger partial charge in [-0.25, -0.2) is 0 Å². The van der Waals surface area contributed by atoms with Gasteiger partial charge in [-0.15, -0.1) is 10.2 Å². The maximum Gasteiger partial charge on any atom is 0.234 e. The third kappa shape index (κ3) is 5.76. The number of rotatable bonds is 7. The minimum absolute atomic E-state index is 0.0552. The summed E-state index contributed by atoms with van der Waals surface area (Å²) in [6.45, 7) is 11.0. The highest BCUT2D eigenvalue weighted by atomic mass is 32.2. The molecule has 0 aliphatic carbocycles. The zero-order valence-corrected chi connectivity index (χ0v) is 20.1. The Hall–Kier alpha value is -2.60. The van der Waals surface area contributed by atoms with Gasteiger partial charge in [0.05, 0.1) is 5.75 Å². The summed E-state index contributed by atoms with van der Waals surface area (Å²) in [5.74, 6) is 1.54. The molecule has 5 nitrogen and oxygen atoms in total. The molecule has 0 bridgehead atoms. The van der Waals surface area contributed by atoms with E-state index >= 15 is 0 Å². The molecule has 2 aromatic carbocycles. The van der Waals surface area contributed by atoms with Crippen LogP contribution >= 0.6 is 11.8 Å². The van der Waals surface area contributed by atoms with E-state index in [1.54, 1.807) is 0 Å². The fourth-order valence-electron chi connectivity index (χ4n) is 3.27. The van der Waals surface area contributed by atoms with Gasteiger partial charge in [0.1, 0.15) is 0 Å². The van der Waals surface area contributed by atoms with Gasteiger partial charge < -0.3 is 9.88 Å². The Balaban J connectivity index is 1.60. The summed E-state index contributed by atoms with van der Waals surface area (Å²) in [6.07, 6.45) is 1.10. The maximum absolute atomic E-state index is 12.4. The summed E-state index contributed by atoms with van der Waals surface area (Å²) >= 11 is 1.39. The van der Waals surface area contributed by atoms with Gasteiger partial charge in [0.2, 0.25) is 5.91 Å². The third-order valence-electron chi connectivity index (χ3n) is 5.55. The van der Waals surface area contributed by atoms with Gasteiger partial charge in [0.15, 0.2) is 11.0 Å². The molecular formula is C25H32N4OS. The van der Waals surface area contributed by atoms with Crippen molar-refractivity contribution in [3.63, 3.8) is 0 Å². The number of aromatic nitrogens is 3. The normalized spacial score (nSPS) is 12.6. The fraction of sp³-hybridized carbons (Fsp3) is 0.400. The van der Waals surface area contributed by atoms with Crippen LogP contribution in [0.2, 0.25) is 0 Å². The molecule has 0 radical (unpaired) electrons. The average molecular weight is 437 g/mol. The number of thioether (sulfide) groups is 1. The zero-order chi connectivity index (χ0) is 22.6. The quantitative estimate of drug-likeness (QED) is 0.460. The van der Waals surface area contributed by atoms with Crippen molar-refractivity contribution in [1.82, 2.24) is 14.8 Å². The Kier molecular flexibility index (Phi) is 7.21.